The molecule has 0 saturated heterocycles. The summed E-state index contributed by atoms with van der Waals surface area (Å²) in [5.74, 6) is -0.412. The predicted octanol–water partition coefficient (Wildman–Crippen LogP) is 4.06. The van der Waals surface area contributed by atoms with E-state index in [4.69, 9.17) is 23.2 Å². The van der Waals surface area contributed by atoms with Crippen LogP contribution in [0.25, 0.3) is 0 Å². The van der Waals surface area contributed by atoms with Crippen molar-refractivity contribution in [3.05, 3.63) is 52.5 Å². The zero-order valence-corrected chi connectivity index (χ0v) is 12.0. The quantitative estimate of drug-likeness (QED) is 0.909. The van der Waals surface area contributed by atoms with Gasteiger partial charge in [-0.05, 0) is 24.3 Å². The summed E-state index contributed by atoms with van der Waals surface area (Å²) in [6, 6.07) is 6.72. The maximum atomic E-state index is 11.8. The molecule has 100 valence electrons. The topological polar surface area (TPSA) is 54.9 Å². The van der Waals surface area contributed by atoms with Crippen molar-refractivity contribution in [3.8, 4) is 0 Å². The number of hydrogen-bond acceptors (Lipinski definition) is 3. The molecule has 0 atom stereocenters. The molecule has 1 aromatic heterocycles. The Morgan fingerprint density at radius 2 is 1.63 bits per heavy atom. The van der Waals surface area contributed by atoms with Gasteiger partial charge in [0.15, 0.2) is 10.8 Å². The number of rotatable bonds is 2. The summed E-state index contributed by atoms with van der Waals surface area (Å²) in [6.07, 6.45) is 2.82. The van der Waals surface area contributed by atoms with E-state index in [1.165, 1.54) is 12.4 Å². The third kappa shape index (κ3) is 4.50. The molecule has 0 radical (unpaired) electrons. The Balaban J connectivity index is 0.000000861. The summed E-state index contributed by atoms with van der Waals surface area (Å²) in [6.45, 7) is 4.00. The molecule has 19 heavy (non-hydrogen) atoms. The number of carbonyl (C=O) groups excluding carboxylic acids is 1. The number of aromatic nitrogens is 2. The normalized spacial score (nSPS) is 9.26. The fourth-order valence-electron chi connectivity index (χ4n) is 1.20. The van der Waals surface area contributed by atoms with Crippen molar-refractivity contribution in [2.75, 3.05) is 5.32 Å². The van der Waals surface area contributed by atoms with Gasteiger partial charge in [-0.25, -0.2) is 9.97 Å². The number of anilines is 1. The second-order valence-electron chi connectivity index (χ2n) is 3.16. The van der Waals surface area contributed by atoms with Crippen LogP contribution >= 0.6 is 23.2 Å². The second-order valence-corrected chi connectivity index (χ2v) is 3.95. The van der Waals surface area contributed by atoms with Gasteiger partial charge in [0.2, 0.25) is 0 Å². The van der Waals surface area contributed by atoms with Crippen LogP contribution in [0.15, 0.2) is 36.7 Å². The molecule has 0 unspecified atom stereocenters. The maximum Gasteiger partial charge on any atom is 0.277 e. The highest BCUT2D eigenvalue weighted by atomic mass is 35.5. The Kier molecular flexibility index (Phi) is 6.25. The Morgan fingerprint density at radius 1 is 1.05 bits per heavy atom. The molecule has 0 fully saturated rings. The molecule has 0 spiro atoms. The number of benzene rings is 1. The average Bonchev–Trinajstić information content (AvgIpc) is 2.44. The van der Waals surface area contributed by atoms with E-state index >= 15 is 0 Å². The standard InChI is InChI=1S/C11H7Cl2N3O.C2H6/c12-7-1-3-8(4-2-7)16-11(17)9-10(13)15-6-5-14-9;1-2/h1-6H,(H,16,17);1-2H3. The van der Waals surface area contributed by atoms with Gasteiger partial charge in [0, 0.05) is 23.1 Å². The molecule has 1 heterocycles. The summed E-state index contributed by atoms with van der Waals surface area (Å²) in [5.41, 5.74) is 0.699. The third-order valence-electron chi connectivity index (χ3n) is 1.97. The monoisotopic (exact) mass is 297 g/mol. The van der Waals surface area contributed by atoms with E-state index in [9.17, 15) is 4.79 Å². The van der Waals surface area contributed by atoms with Gasteiger partial charge in [-0.1, -0.05) is 37.0 Å². The molecule has 2 rings (SSSR count). The zero-order chi connectivity index (χ0) is 14.3. The van der Waals surface area contributed by atoms with Crippen LogP contribution in [0.2, 0.25) is 10.2 Å². The van der Waals surface area contributed by atoms with Gasteiger partial charge in [0.05, 0.1) is 0 Å². The molecular formula is C13H13Cl2N3O. The molecule has 4 nitrogen and oxygen atoms in total. The predicted molar refractivity (Wildman–Crippen MR) is 77.8 cm³/mol. The van der Waals surface area contributed by atoms with E-state index in [0.29, 0.717) is 10.7 Å². The van der Waals surface area contributed by atoms with Gasteiger partial charge >= 0.3 is 0 Å². The summed E-state index contributed by atoms with van der Waals surface area (Å²) < 4.78 is 0. The Hall–Kier alpha value is -1.65. The zero-order valence-electron chi connectivity index (χ0n) is 10.5. The lowest BCUT2D eigenvalue weighted by molar-refractivity contribution is 0.102. The van der Waals surface area contributed by atoms with Crippen molar-refractivity contribution in [3.63, 3.8) is 0 Å². The van der Waals surface area contributed by atoms with Crippen LogP contribution in [-0.2, 0) is 0 Å². The van der Waals surface area contributed by atoms with Crippen molar-refractivity contribution in [1.29, 1.82) is 0 Å². The third-order valence-corrected chi connectivity index (χ3v) is 2.50. The van der Waals surface area contributed by atoms with Gasteiger partial charge in [-0.2, -0.15) is 0 Å². The highest BCUT2D eigenvalue weighted by Crippen LogP contribution is 2.15. The number of nitrogens with zero attached hydrogens (tertiary/aromatic N) is 2. The highest BCUT2D eigenvalue weighted by Gasteiger charge is 2.12. The van der Waals surface area contributed by atoms with Gasteiger partial charge in [-0.15, -0.1) is 0 Å². The minimum absolute atomic E-state index is 0.0685. The van der Waals surface area contributed by atoms with E-state index in [0.717, 1.165) is 0 Å². The first-order valence-electron chi connectivity index (χ1n) is 5.70. The largest absolute Gasteiger partial charge is 0.321 e. The van der Waals surface area contributed by atoms with Gasteiger partial charge < -0.3 is 5.32 Å². The smallest absolute Gasteiger partial charge is 0.277 e. The molecular weight excluding hydrogens is 285 g/mol. The van der Waals surface area contributed by atoms with Crippen LogP contribution in [0.1, 0.15) is 24.3 Å². The second kappa shape index (κ2) is 7.71. The number of hydrogen-bond donors (Lipinski definition) is 1. The van der Waals surface area contributed by atoms with Crippen LogP contribution in [0.5, 0.6) is 0 Å². The van der Waals surface area contributed by atoms with E-state index in [1.54, 1.807) is 24.3 Å². The van der Waals surface area contributed by atoms with Crippen molar-refractivity contribution in [1.82, 2.24) is 9.97 Å². The summed E-state index contributed by atoms with van der Waals surface area (Å²) in [5, 5.41) is 3.31. The van der Waals surface area contributed by atoms with Crippen molar-refractivity contribution in [2.24, 2.45) is 0 Å². The van der Waals surface area contributed by atoms with E-state index in [1.807, 2.05) is 13.8 Å². The Bertz CT molecular complexity index is 544. The first kappa shape index (κ1) is 15.4. The fraction of sp³-hybridized carbons (Fsp3) is 0.154. The molecule has 2 aromatic rings. The number of nitrogens with one attached hydrogen (secondary N) is 1. The minimum atomic E-state index is -0.412. The number of carbonyl (C=O) groups is 1. The maximum absolute atomic E-state index is 11.8. The number of halogens is 2. The molecule has 1 N–H and O–H groups in total. The average molecular weight is 298 g/mol. The lowest BCUT2D eigenvalue weighted by Crippen LogP contribution is -2.14. The fourth-order valence-corrected chi connectivity index (χ4v) is 1.51. The molecule has 0 aliphatic rings. The van der Waals surface area contributed by atoms with E-state index in [-0.39, 0.29) is 10.8 Å². The SMILES string of the molecule is CC.O=C(Nc1ccc(Cl)cc1)c1nccnc1Cl. The summed E-state index contributed by atoms with van der Waals surface area (Å²) >= 11 is 11.5. The van der Waals surface area contributed by atoms with E-state index < -0.39 is 5.91 Å². The molecule has 0 aliphatic carbocycles. The molecule has 0 bridgehead atoms. The summed E-state index contributed by atoms with van der Waals surface area (Å²) in [7, 11) is 0. The van der Waals surface area contributed by atoms with Crippen molar-refractivity contribution >= 4 is 34.8 Å². The molecule has 1 amide bonds. The molecule has 6 heteroatoms. The molecule has 1 aromatic carbocycles. The Morgan fingerprint density at radius 3 is 2.21 bits per heavy atom. The lowest BCUT2D eigenvalue weighted by atomic mass is 10.3. The van der Waals surface area contributed by atoms with Crippen LogP contribution in [-0.4, -0.2) is 15.9 Å². The van der Waals surface area contributed by atoms with Crippen LogP contribution in [0, 0.1) is 0 Å². The van der Waals surface area contributed by atoms with Gasteiger partial charge in [-0.3, -0.25) is 4.79 Å². The van der Waals surface area contributed by atoms with Crippen molar-refractivity contribution < 1.29 is 4.79 Å². The Labute approximate surface area is 121 Å². The van der Waals surface area contributed by atoms with Gasteiger partial charge in [0.1, 0.15) is 0 Å². The summed E-state index contributed by atoms with van der Waals surface area (Å²) in [4.78, 5) is 19.4. The number of amides is 1. The van der Waals surface area contributed by atoms with Crippen molar-refractivity contribution in [2.45, 2.75) is 13.8 Å². The molecule has 0 saturated carbocycles. The first-order valence-corrected chi connectivity index (χ1v) is 6.46. The molecule has 0 aliphatic heterocycles. The minimum Gasteiger partial charge on any atom is -0.321 e. The van der Waals surface area contributed by atoms with Crippen LogP contribution < -0.4 is 5.32 Å². The van der Waals surface area contributed by atoms with Gasteiger partial charge in [0.25, 0.3) is 5.91 Å². The van der Waals surface area contributed by atoms with Crippen LogP contribution in [0.4, 0.5) is 5.69 Å². The first-order chi connectivity index (χ1) is 9.16. The van der Waals surface area contributed by atoms with Crippen LogP contribution in [0.3, 0.4) is 0 Å². The van der Waals surface area contributed by atoms with E-state index in [2.05, 4.69) is 15.3 Å². The highest BCUT2D eigenvalue weighted by molar-refractivity contribution is 6.33. The lowest BCUT2D eigenvalue weighted by Gasteiger charge is -2.05.